The summed E-state index contributed by atoms with van der Waals surface area (Å²) < 4.78 is 5.74. The fourth-order valence-corrected chi connectivity index (χ4v) is 5.35. The van der Waals surface area contributed by atoms with Crippen LogP contribution in [-0.4, -0.2) is 29.3 Å². The van der Waals surface area contributed by atoms with Gasteiger partial charge in [-0.15, -0.1) is 0 Å². The number of hydrogen-bond donors (Lipinski definition) is 2. The van der Waals surface area contributed by atoms with Gasteiger partial charge in [-0.3, -0.25) is 9.59 Å². The highest BCUT2D eigenvalue weighted by molar-refractivity contribution is 5.99. The predicted octanol–water partition coefficient (Wildman–Crippen LogP) is 4.41. The molecule has 2 heterocycles. The van der Waals surface area contributed by atoms with Crippen LogP contribution in [0.1, 0.15) is 76.3 Å². The third-order valence-corrected chi connectivity index (χ3v) is 7.20. The van der Waals surface area contributed by atoms with Gasteiger partial charge in [0.2, 0.25) is 5.91 Å². The molecular formula is C28H31N3O3. The number of nitrogens with zero attached hydrogens (tertiary/aromatic N) is 1. The first-order chi connectivity index (χ1) is 16.4. The maximum atomic E-state index is 13.7. The van der Waals surface area contributed by atoms with E-state index in [9.17, 15) is 9.59 Å². The second-order valence-electron chi connectivity index (χ2n) is 9.52. The molecular weight excluding hydrogens is 426 g/mol. The number of hydrogen-bond acceptors (Lipinski definition) is 4. The van der Waals surface area contributed by atoms with Crippen molar-refractivity contribution in [2.24, 2.45) is 5.73 Å². The first kappa shape index (κ1) is 22.4. The minimum Gasteiger partial charge on any atom is -0.464 e. The van der Waals surface area contributed by atoms with Crippen molar-refractivity contribution in [2.45, 2.75) is 57.2 Å². The molecule has 2 amide bonds. The van der Waals surface area contributed by atoms with Crippen molar-refractivity contribution in [2.75, 3.05) is 6.54 Å². The minimum absolute atomic E-state index is 0.0169. The molecule has 34 heavy (non-hydrogen) atoms. The summed E-state index contributed by atoms with van der Waals surface area (Å²) in [7, 11) is 0. The molecule has 1 aliphatic carbocycles. The second-order valence-corrected chi connectivity index (χ2v) is 9.52. The van der Waals surface area contributed by atoms with E-state index in [2.05, 4.69) is 29.6 Å². The summed E-state index contributed by atoms with van der Waals surface area (Å²) in [6.45, 7) is 4.08. The minimum atomic E-state index is -0.543. The van der Waals surface area contributed by atoms with Gasteiger partial charge in [-0.25, -0.2) is 0 Å². The Kier molecular flexibility index (Phi) is 6.00. The van der Waals surface area contributed by atoms with E-state index in [4.69, 9.17) is 10.2 Å². The number of furan rings is 1. The van der Waals surface area contributed by atoms with Gasteiger partial charge < -0.3 is 20.4 Å². The average Bonchev–Trinajstić information content (AvgIpc) is 3.56. The molecule has 5 rings (SSSR count). The standard InChI is InChI=1S/C28H31N3O3/c1-17(29)26-15-23(18(2)34-26)28(33)31-16-21(19-8-4-3-5-9-19)14-25(31)27(32)30-24-13-12-20-10-6-7-11-22(20)24/h3-11,15,17,21,24-25H,12-14,16,29H2,1-2H3,(H,30,32). The fraction of sp³-hybridized carbons (Fsp3) is 0.357. The molecule has 1 aromatic heterocycles. The van der Waals surface area contributed by atoms with Crippen LogP contribution in [0.2, 0.25) is 0 Å². The van der Waals surface area contributed by atoms with Crippen molar-refractivity contribution in [3.05, 3.63) is 94.4 Å². The quantitative estimate of drug-likeness (QED) is 0.594. The summed E-state index contributed by atoms with van der Waals surface area (Å²) in [5, 5.41) is 3.25. The van der Waals surface area contributed by atoms with Crippen LogP contribution >= 0.6 is 0 Å². The van der Waals surface area contributed by atoms with Crippen LogP contribution in [-0.2, 0) is 11.2 Å². The van der Waals surface area contributed by atoms with E-state index in [1.165, 1.54) is 11.1 Å². The largest absolute Gasteiger partial charge is 0.464 e. The Morgan fingerprint density at radius 2 is 1.85 bits per heavy atom. The van der Waals surface area contributed by atoms with E-state index in [0.29, 0.717) is 30.0 Å². The van der Waals surface area contributed by atoms with E-state index < -0.39 is 6.04 Å². The van der Waals surface area contributed by atoms with E-state index in [1.54, 1.807) is 17.9 Å². The van der Waals surface area contributed by atoms with Crippen LogP contribution in [0.15, 0.2) is 65.1 Å². The van der Waals surface area contributed by atoms with Gasteiger partial charge in [-0.1, -0.05) is 54.6 Å². The van der Waals surface area contributed by atoms with Crippen LogP contribution in [0, 0.1) is 6.92 Å². The first-order valence-corrected chi connectivity index (χ1v) is 12.0. The van der Waals surface area contributed by atoms with Gasteiger partial charge in [-0.2, -0.15) is 0 Å². The first-order valence-electron chi connectivity index (χ1n) is 12.0. The highest BCUT2D eigenvalue weighted by Crippen LogP contribution is 2.36. The van der Waals surface area contributed by atoms with Crippen molar-refractivity contribution >= 4 is 11.8 Å². The van der Waals surface area contributed by atoms with Gasteiger partial charge in [0.1, 0.15) is 17.6 Å². The van der Waals surface area contributed by atoms with Crippen LogP contribution in [0.25, 0.3) is 0 Å². The zero-order valence-corrected chi connectivity index (χ0v) is 19.7. The molecule has 1 saturated heterocycles. The van der Waals surface area contributed by atoms with Gasteiger partial charge in [0.15, 0.2) is 0 Å². The third-order valence-electron chi connectivity index (χ3n) is 7.20. The normalized spacial score (nSPS) is 22.4. The van der Waals surface area contributed by atoms with Gasteiger partial charge >= 0.3 is 0 Å². The lowest BCUT2D eigenvalue weighted by Crippen LogP contribution is -2.46. The molecule has 1 aliphatic heterocycles. The van der Waals surface area contributed by atoms with Crippen LogP contribution in [0.5, 0.6) is 0 Å². The van der Waals surface area contributed by atoms with Crippen LogP contribution < -0.4 is 11.1 Å². The van der Waals surface area contributed by atoms with Gasteiger partial charge in [-0.05, 0) is 55.9 Å². The second kappa shape index (κ2) is 9.11. The molecule has 0 spiro atoms. The lowest BCUT2D eigenvalue weighted by Gasteiger charge is -2.25. The average molecular weight is 458 g/mol. The summed E-state index contributed by atoms with van der Waals surface area (Å²) in [6.07, 6.45) is 2.43. The lowest BCUT2D eigenvalue weighted by atomic mass is 9.96. The number of nitrogens with one attached hydrogen (secondary N) is 1. The Hall–Kier alpha value is -3.38. The number of fused-ring (bicyclic) bond motifs is 1. The van der Waals surface area contributed by atoms with Crippen molar-refractivity contribution in [1.29, 1.82) is 0 Å². The smallest absolute Gasteiger partial charge is 0.258 e. The van der Waals surface area contributed by atoms with Crippen LogP contribution in [0.3, 0.4) is 0 Å². The Balaban J connectivity index is 1.42. The zero-order chi connectivity index (χ0) is 23.8. The zero-order valence-electron chi connectivity index (χ0n) is 19.7. The highest BCUT2D eigenvalue weighted by atomic mass is 16.3. The SMILES string of the molecule is Cc1oc(C(C)N)cc1C(=O)N1CC(c2ccccc2)CC1C(=O)NC1CCc2ccccc21. The number of aryl methyl sites for hydroxylation is 2. The Morgan fingerprint density at radius 3 is 2.59 bits per heavy atom. The maximum Gasteiger partial charge on any atom is 0.258 e. The number of likely N-dealkylation sites (tertiary alicyclic amines) is 1. The molecule has 3 N–H and O–H groups in total. The highest BCUT2D eigenvalue weighted by Gasteiger charge is 2.42. The van der Waals surface area contributed by atoms with E-state index in [-0.39, 0.29) is 29.8 Å². The lowest BCUT2D eigenvalue weighted by molar-refractivity contribution is -0.125. The number of nitrogens with two attached hydrogens (primary N) is 1. The predicted molar refractivity (Wildman–Crippen MR) is 130 cm³/mol. The number of rotatable bonds is 5. The van der Waals surface area contributed by atoms with E-state index >= 15 is 0 Å². The van der Waals surface area contributed by atoms with E-state index in [0.717, 1.165) is 18.4 Å². The third kappa shape index (κ3) is 4.14. The van der Waals surface area contributed by atoms with Gasteiger partial charge in [0.25, 0.3) is 5.91 Å². The van der Waals surface area contributed by atoms with Crippen molar-refractivity contribution in [1.82, 2.24) is 10.2 Å². The van der Waals surface area contributed by atoms with Crippen molar-refractivity contribution in [3.63, 3.8) is 0 Å². The summed E-state index contributed by atoms with van der Waals surface area (Å²) in [4.78, 5) is 29.0. The van der Waals surface area contributed by atoms with Crippen molar-refractivity contribution < 1.29 is 14.0 Å². The molecule has 3 aromatic rings. The number of benzene rings is 2. The molecule has 0 radical (unpaired) electrons. The van der Waals surface area contributed by atoms with Crippen molar-refractivity contribution in [3.8, 4) is 0 Å². The molecule has 6 heteroatoms. The van der Waals surface area contributed by atoms with E-state index in [1.807, 2.05) is 37.3 Å². The topological polar surface area (TPSA) is 88.6 Å². The Morgan fingerprint density at radius 1 is 1.12 bits per heavy atom. The number of amides is 2. The molecule has 0 saturated carbocycles. The molecule has 1 fully saturated rings. The molecule has 4 atom stereocenters. The molecule has 0 bridgehead atoms. The molecule has 4 unspecified atom stereocenters. The molecule has 2 aromatic carbocycles. The Bertz CT molecular complexity index is 1200. The Labute approximate surface area is 200 Å². The van der Waals surface area contributed by atoms with Gasteiger partial charge in [0, 0.05) is 12.5 Å². The monoisotopic (exact) mass is 457 g/mol. The summed E-state index contributed by atoms with van der Waals surface area (Å²) in [5.41, 5.74) is 10.1. The molecule has 2 aliphatic rings. The van der Waals surface area contributed by atoms with Crippen LogP contribution in [0.4, 0.5) is 0 Å². The van der Waals surface area contributed by atoms with Gasteiger partial charge in [0.05, 0.1) is 17.6 Å². The number of carbonyl (C=O) groups is 2. The summed E-state index contributed by atoms with van der Waals surface area (Å²) in [6, 6.07) is 19.2. The molecule has 6 nitrogen and oxygen atoms in total. The summed E-state index contributed by atoms with van der Waals surface area (Å²) >= 11 is 0. The summed E-state index contributed by atoms with van der Waals surface area (Å²) in [5.74, 6) is 0.921. The number of carbonyl (C=O) groups excluding carboxylic acids is 2. The maximum absolute atomic E-state index is 13.7. The fourth-order valence-electron chi connectivity index (χ4n) is 5.35. The molecule has 176 valence electrons.